The molecule has 0 spiro atoms. The van der Waals surface area contributed by atoms with Crippen molar-refractivity contribution in [3.8, 4) is 0 Å². The molecule has 1 unspecified atom stereocenters. The van der Waals surface area contributed by atoms with Crippen molar-refractivity contribution in [3.63, 3.8) is 0 Å². The van der Waals surface area contributed by atoms with Crippen LogP contribution in [0.15, 0.2) is 18.3 Å². The maximum absolute atomic E-state index is 6.15. The van der Waals surface area contributed by atoms with Gasteiger partial charge in [-0.25, -0.2) is 4.98 Å². The maximum atomic E-state index is 6.15. The van der Waals surface area contributed by atoms with E-state index in [9.17, 15) is 0 Å². The minimum Gasteiger partial charge on any atom is -0.349 e. The number of pyridine rings is 1. The van der Waals surface area contributed by atoms with Crippen LogP contribution in [-0.2, 0) is 16.0 Å². The molecule has 19 heavy (non-hydrogen) atoms. The highest BCUT2D eigenvalue weighted by Crippen LogP contribution is 2.27. The Balaban J connectivity index is 1.71. The lowest BCUT2D eigenvalue weighted by Crippen LogP contribution is -2.46. The Bertz CT molecular complexity index is 424. The fraction of sp³-hybridized carbons (Fsp3) is 0.643. The van der Waals surface area contributed by atoms with Crippen LogP contribution in [0.4, 0.5) is 0 Å². The van der Waals surface area contributed by atoms with Crippen molar-refractivity contribution < 1.29 is 9.47 Å². The smallest absolute Gasteiger partial charge is 0.173 e. The zero-order valence-electron chi connectivity index (χ0n) is 10.9. The van der Waals surface area contributed by atoms with Crippen LogP contribution in [0.25, 0.3) is 0 Å². The van der Waals surface area contributed by atoms with E-state index in [2.05, 4.69) is 9.88 Å². The van der Waals surface area contributed by atoms with Crippen LogP contribution in [0.3, 0.4) is 0 Å². The van der Waals surface area contributed by atoms with E-state index in [1.807, 2.05) is 12.1 Å². The lowest BCUT2D eigenvalue weighted by Gasteiger charge is -2.38. The lowest BCUT2D eigenvalue weighted by atomic mass is 10.0. The fourth-order valence-electron chi connectivity index (χ4n) is 2.88. The van der Waals surface area contributed by atoms with Crippen LogP contribution in [0.5, 0.6) is 0 Å². The normalized spacial score (nSPS) is 25.8. The Labute approximate surface area is 118 Å². The van der Waals surface area contributed by atoms with Gasteiger partial charge in [-0.2, -0.15) is 0 Å². The van der Waals surface area contributed by atoms with Gasteiger partial charge in [0.15, 0.2) is 6.29 Å². The van der Waals surface area contributed by atoms with Crippen molar-refractivity contribution in [2.24, 2.45) is 0 Å². The summed E-state index contributed by atoms with van der Waals surface area (Å²) in [5.74, 6) is 0. The van der Waals surface area contributed by atoms with Gasteiger partial charge in [0, 0.05) is 18.3 Å². The molecule has 4 nitrogen and oxygen atoms in total. The first-order valence-corrected chi connectivity index (χ1v) is 7.29. The second-order valence-electron chi connectivity index (χ2n) is 5.10. The Kier molecular flexibility index (Phi) is 4.33. The number of halogens is 1. The molecular formula is C14H19ClN2O2. The zero-order valence-corrected chi connectivity index (χ0v) is 11.7. The summed E-state index contributed by atoms with van der Waals surface area (Å²) >= 11 is 6.15. The van der Waals surface area contributed by atoms with Crippen molar-refractivity contribution >= 4 is 11.6 Å². The summed E-state index contributed by atoms with van der Waals surface area (Å²) in [7, 11) is 0. The highest BCUT2D eigenvalue weighted by Gasteiger charge is 2.33. The first kappa shape index (κ1) is 13.3. The summed E-state index contributed by atoms with van der Waals surface area (Å²) in [5.41, 5.74) is 1.08. The molecule has 2 aliphatic rings. The van der Waals surface area contributed by atoms with E-state index in [0.717, 1.165) is 25.1 Å². The first-order valence-electron chi connectivity index (χ1n) is 6.91. The van der Waals surface area contributed by atoms with E-state index in [4.69, 9.17) is 21.1 Å². The van der Waals surface area contributed by atoms with Gasteiger partial charge in [0.05, 0.1) is 19.3 Å². The summed E-state index contributed by atoms with van der Waals surface area (Å²) in [4.78, 5) is 6.56. The van der Waals surface area contributed by atoms with Gasteiger partial charge in [-0.05, 0) is 25.5 Å². The Morgan fingerprint density at radius 2 is 2.16 bits per heavy atom. The third kappa shape index (κ3) is 3.08. The molecule has 2 aliphatic heterocycles. The average Bonchev–Trinajstić information content (AvgIpc) is 2.96. The summed E-state index contributed by atoms with van der Waals surface area (Å²) in [6, 6.07) is 4.31. The van der Waals surface area contributed by atoms with Gasteiger partial charge in [0.2, 0.25) is 0 Å². The molecule has 2 saturated heterocycles. The molecule has 0 aliphatic carbocycles. The highest BCUT2D eigenvalue weighted by molar-refractivity contribution is 6.30. The van der Waals surface area contributed by atoms with Gasteiger partial charge in [-0.15, -0.1) is 0 Å². The number of likely N-dealkylation sites (tertiary alicyclic amines) is 1. The summed E-state index contributed by atoms with van der Waals surface area (Å²) in [6.07, 6.45) is 5.24. The molecule has 3 rings (SSSR count). The van der Waals surface area contributed by atoms with Crippen LogP contribution >= 0.6 is 11.6 Å². The van der Waals surface area contributed by atoms with E-state index in [1.54, 1.807) is 6.20 Å². The van der Waals surface area contributed by atoms with Crippen molar-refractivity contribution in [3.05, 3.63) is 29.0 Å². The van der Waals surface area contributed by atoms with Crippen LogP contribution in [0.1, 0.15) is 24.8 Å². The number of hydrogen-bond donors (Lipinski definition) is 0. The van der Waals surface area contributed by atoms with Crippen LogP contribution in [0.2, 0.25) is 5.15 Å². The Morgan fingerprint density at radius 3 is 2.95 bits per heavy atom. The number of aromatic nitrogens is 1. The quantitative estimate of drug-likeness (QED) is 0.798. The molecule has 0 amide bonds. The minimum atomic E-state index is -0.0734. The largest absolute Gasteiger partial charge is 0.349 e. The van der Waals surface area contributed by atoms with Gasteiger partial charge < -0.3 is 9.47 Å². The lowest BCUT2D eigenvalue weighted by molar-refractivity contribution is -0.111. The summed E-state index contributed by atoms with van der Waals surface area (Å²) < 4.78 is 11.4. The van der Waals surface area contributed by atoms with Gasteiger partial charge in [0.1, 0.15) is 5.15 Å². The molecule has 0 bridgehead atoms. The second kappa shape index (κ2) is 6.18. The van der Waals surface area contributed by atoms with Crippen molar-refractivity contribution in [2.75, 3.05) is 19.8 Å². The third-order valence-corrected chi connectivity index (χ3v) is 4.18. The van der Waals surface area contributed by atoms with Crippen molar-refractivity contribution in [1.82, 2.24) is 9.88 Å². The average molecular weight is 283 g/mol. The SMILES string of the molecule is Clc1ncccc1CN1CCCCC1C1OCCO1. The maximum Gasteiger partial charge on any atom is 0.173 e. The zero-order chi connectivity index (χ0) is 13.1. The number of ether oxygens (including phenoxy) is 2. The van der Waals surface area contributed by atoms with E-state index in [0.29, 0.717) is 24.4 Å². The Hall–Kier alpha value is -0.680. The molecule has 2 fully saturated rings. The van der Waals surface area contributed by atoms with Crippen molar-refractivity contribution in [1.29, 1.82) is 0 Å². The molecular weight excluding hydrogens is 264 g/mol. The van der Waals surface area contributed by atoms with Crippen LogP contribution < -0.4 is 0 Å². The topological polar surface area (TPSA) is 34.6 Å². The molecule has 5 heteroatoms. The van der Waals surface area contributed by atoms with Gasteiger partial charge >= 0.3 is 0 Å². The van der Waals surface area contributed by atoms with E-state index in [1.165, 1.54) is 12.8 Å². The monoisotopic (exact) mass is 282 g/mol. The number of nitrogens with zero attached hydrogens (tertiary/aromatic N) is 2. The minimum absolute atomic E-state index is 0.0734. The number of hydrogen-bond acceptors (Lipinski definition) is 4. The molecule has 0 aromatic carbocycles. The summed E-state index contributed by atoms with van der Waals surface area (Å²) in [5, 5.41) is 0.597. The molecule has 3 heterocycles. The fourth-order valence-corrected chi connectivity index (χ4v) is 3.06. The van der Waals surface area contributed by atoms with Gasteiger partial charge in [-0.1, -0.05) is 24.1 Å². The van der Waals surface area contributed by atoms with Gasteiger partial charge in [-0.3, -0.25) is 4.90 Å². The molecule has 1 aromatic heterocycles. The standard InChI is InChI=1S/C14H19ClN2O2/c15-13-11(4-3-6-16-13)10-17-7-2-1-5-12(17)14-18-8-9-19-14/h3-4,6,12,14H,1-2,5,7-10H2. The predicted molar refractivity (Wildman–Crippen MR) is 73.0 cm³/mol. The molecule has 104 valence electrons. The van der Waals surface area contributed by atoms with E-state index in [-0.39, 0.29) is 6.29 Å². The first-order chi connectivity index (χ1) is 9.34. The molecule has 1 aromatic rings. The number of piperidine rings is 1. The van der Waals surface area contributed by atoms with Crippen molar-refractivity contribution in [2.45, 2.75) is 38.1 Å². The second-order valence-corrected chi connectivity index (χ2v) is 5.45. The Morgan fingerprint density at radius 1 is 1.32 bits per heavy atom. The molecule has 0 radical (unpaired) electrons. The van der Waals surface area contributed by atoms with E-state index < -0.39 is 0 Å². The summed E-state index contributed by atoms with van der Waals surface area (Å²) in [6.45, 7) is 3.31. The third-order valence-electron chi connectivity index (χ3n) is 3.84. The number of rotatable bonds is 3. The molecule has 0 saturated carbocycles. The molecule has 1 atom stereocenters. The molecule has 0 N–H and O–H groups in total. The van der Waals surface area contributed by atoms with Crippen LogP contribution in [0, 0.1) is 0 Å². The van der Waals surface area contributed by atoms with Crippen LogP contribution in [-0.4, -0.2) is 42.0 Å². The van der Waals surface area contributed by atoms with E-state index >= 15 is 0 Å². The van der Waals surface area contributed by atoms with Gasteiger partial charge in [0.25, 0.3) is 0 Å². The highest BCUT2D eigenvalue weighted by atomic mass is 35.5. The predicted octanol–water partition coefficient (Wildman–Crippen LogP) is 2.46.